The molecular formula is C18H17N3. The maximum atomic E-state index is 4.65. The van der Waals surface area contributed by atoms with Gasteiger partial charge in [-0.3, -0.25) is 4.98 Å². The molecule has 2 aromatic heterocycles. The topological polar surface area (TPSA) is 29.0 Å². The molecule has 0 amide bonds. The van der Waals surface area contributed by atoms with Gasteiger partial charge in [0.05, 0.1) is 10.9 Å². The van der Waals surface area contributed by atoms with Crippen molar-refractivity contribution in [3.05, 3.63) is 65.1 Å². The van der Waals surface area contributed by atoms with Gasteiger partial charge in [0.1, 0.15) is 5.82 Å². The molecule has 0 bridgehead atoms. The predicted molar refractivity (Wildman–Crippen MR) is 85.0 cm³/mol. The molecule has 104 valence electrons. The van der Waals surface area contributed by atoms with Crippen LogP contribution in [-0.4, -0.2) is 15.5 Å². The van der Waals surface area contributed by atoms with Gasteiger partial charge in [0.25, 0.3) is 0 Å². The smallest absolute Gasteiger partial charge is 0.141 e. The first-order valence-corrected chi connectivity index (χ1v) is 7.20. The maximum Gasteiger partial charge on any atom is 0.141 e. The Bertz CT molecular complexity index is 881. The molecule has 1 aliphatic heterocycles. The number of anilines is 1. The third kappa shape index (κ3) is 1.49. The fourth-order valence-corrected chi connectivity index (χ4v) is 3.68. The zero-order valence-corrected chi connectivity index (χ0v) is 12.3. The molecule has 2 aliphatic rings. The lowest BCUT2D eigenvalue weighted by molar-refractivity contribution is 0.592. The zero-order valence-electron chi connectivity index (χ0n) is 12.3. The summed E-state index contributed by atoms with van der Waals surface area (Å²) in [7, 11) is 0. The summed E-state index contributed by atoms with van der Waals surface area (Å²) in [6.07, 6.45) is 6.92. The van der Waals surface area contributed by atoms with Crippen LogP contribution in [0, 0.1) is 0 Å². The third-order valence-corrected chi connectivity index (χ3v) is 4.48. The molecule has 3 heterocycles. The van der Waals surface area contributed by atoms with E-state index in [0.29, 0.717) is 0 Å². The van der Waals surface area contributed by atoms with Crippen molar-refractivity contribution in [1.29, 1.82) is 0 Å². The predicted octanol–water partition coefficient (Wildman–Crippen LogP) is 1.97. The Morgan fingerprint density at radius 2 is 2.00 bits per heavy atom. The maximum absolute atomic E-state index is 4.65. The van der Waals surface area contributed by atoms with Crippen LogP contribution in [0.5, 0.6) is 0 Å². The highest BCUT2D eigenvalue weighted by atomic mass is 15.3. The molecule has 3 heteroatoms. The largest absolute Gasteiger partial charge is 0.320 e. The summed E-state index contributed by atoms with van der Waals surface area (Å²) >= 11 is 0. The molecule has 0 saturated carbocycles. The first kappa shape index (κ1) is 12.3. The molecule has 1 unspecified atom stereocenters. The Morgan fingerprint density at radius 3 is 2.81 bits per heavy atom. The van der Waals surface area contributed by atoms with Crippen molar-refractivity contribution in [2.24, 2.45) is 0 Å². The number of pyridine rings is 2. The van der Waals surface area contributed by atoms with Crippen molar-refractivity contribution in [3.8, 4) is 0 Å². The second kappa shape index (κ2) is 4.04. The van der Waals surface area contributed by atoms with Gasteiger partial charge < -0.3 is 4.90 Å². The highest BCUT2D eigenvalue weighted by Gasteiger charge is 2.46. The quantitative estimate of drug-likeness (QED) is 0.797. The summed E-state index contributed by atoms with van der Waals surface area (Å²) in [5.74, 6) is 0.995. The molecule has 1 aliphatic carbocycles. The van der Waals surface area contributed by atoms with Crippen molar-refractivity contribution in [3.63, 3.8) is 0 Å². The number of hydrogen-bond acceptors (Lipinski definition) is 3. The van der Waals surface area contributed by atoms with E-state index in [-0.39, 0.29) is 5.54 Å². The first-order chi connectivity index (χ1) is 10.1. The van der Waals surface area contributed by atoms with Gasteiger partial charge in [0.15, 0.2) is 0 Å². The van der Waals surface area contributed by atoms with Gasteiger partial charge in [0, 0.05) is 29.2 Å². The zero-order chi connectivity index (χ0) is 14.6. The minimum Gasteiger partial charge on any atom is -0.320 e. The molecule has 0 radical (unpaired) electrons. The van der Waals surface area contributed by atoms with Crippen molar-refractivity contribution < 1.29 is 0 Å². The second-order valence-electron chi connectivity index (χ2n) is 5.94. The van der Waals surface area contributed by atoms with Crippen LogP contribution in [0.2, 0.25) is 0 Å². The molecule has 0 aromatic carbocycles. The molecule has 0 fully saturated rings. The van der Waals surface area contributed by atoms with Crippen molar-refractivity contribution in [2.45, 2.75) is 25.8 Å². The van der Waals surface area contributed by atoms with E-state index in [2.05, 4.69) is 46.6 Å². The van der Waals surface area contributed by atoms with Crippen LogP contribution in [0.1, 0.15) is 25.8 Å². The van der Waals surface area contributed by atoms with Gasteiger partial charge in [0.2, 0.25) is 0 Å². The molecule has 0 spiro atoms. The van der Waals surface area contributed by atoms with Crippen LogP contribution in [0.4, 0.5) is 5.82 Å². The van der Waals surface area contributed by atoms with E-state index in [1.807, 2.05) is 31.5 Å². The monoisotopic (exact) mass is 275 g/mol. The molecule has 0 saturated heterocycles. The molecule has 21 heavy (non-hydrogen) atoms. The van der Waals surface area contributed by atoms with Crippen molar-refractivity contribution >= 4 is 17.5 Å². The highest BCUT2D eigenvalue weighted by Crippen LogP contribution is 2.48. The van der Waals surface area contributed by atoms with E-state index < -0.39 is 0 Å². The van der Waals surface area contributed by atoms with Crippen LogP contribution < -0.4 is 15.5 Å². The number of allylic oxidation sites excluding steroid dienone is 1. The number of hydrogen-bond donors (Lipinski definition) is 0. The lowest BCUT2D eigenvalue weighted by atomic mass is 9.83. The lowest BCUT2D eigenvalue weighted by Gasteiger charge is -2.38. The molecule has 4 rings (SSSR count). The lowest BCUT2D eigenvalue weighted by Crippen LogP contribution is -2.49. The van der Waals surface area contributed by atoms with Crippen LogP contribution in [0.25, 0.3) is 11.6 Å². The molecule has 0 N–H and O–H groups in total. The van der Waals surface area contributed by atoms with E-state index in [1.54, 1.807) is 0 Å². The Balaban J connectivity index is 2.19. The van der Waals surface area contributed by atoms with Gasteiger partial charge in [-0.1, -0.05) is 18.7 Å². The SMILES string of the molecule is C=C(C)N1c2ncccc2C2=c3ncccc3=CCC21C. The third-order valence-electron chi connectivity index (χ3n) is 4.48. The van der Waals surface area contributed by atoms with Crippen LogP contribution in [0.3, 0.4) is 0 Å². The van der Waals surface area contributed by atoms with Gasteiger partial charge in [-0.25, -0.2) is 4.98 Å². The Morgan fingerprint density at radius 1 is 1.24 bits per heavy atom. The Labute approximate surface area is 124 Å². The standard InChI is InChI=1S/C18H17N3/c1-12(2)21-17-14(7-5-11-20-17)15-16-13(6-4-10-19-16)8-9-18(15,21)3/h4-8,10-11H,1,9H2,2-3H3. The summed E-state index contributed by atoms with van der Waals surface area (Å²) in [5.41, 5.74) is 3.31. The minimum absolute atomic E-state index is 0.149. The van der Waals surface area contributed by atoms with Gasteiger partial charge in [-0.05, 0) is 43.7 Å². The van der Waals surface area contributed by atoms with Crippen molar-refractivity contribution in [2.75, 3.05) is 4.90 Å². The number of rotatable bonds is 1. The van der Waals surface area contributed by atoms with E-state index in [1.165, 1.54) is 16.4 Å². The fraction of sp³-hybridized carbons (Fsp3) is 0.222. The summed E-state index contributed by atoms with van der Waals surface area (Å²) in [5, 5.41) is 2.28. The first-order valence-electron chi connectivity index (χ1n) is 7.20. The Kier molecular flexibility index (Phi) is 2.37. The number of fused-ring (bicyclic) bond motifs is 4. The van der Waals surface area contributed by atoms with Crippen molar-refractivity contribution in [1.82, 2.24) is 9.97 Å². The Hall–Kier alpha value is -2.42. The molecular weight excluding hydrogens is 258 g/mol. The van der Waals surface area contributed by atoms with E-state index >= 15 is 0 Å². The fourth-order valence-electron chi connectivity index (χ4n) is 3.68. The summed E-state index contributed by atoms with van der Waals surface area (Å²) in [6.45, 7) is 8.47. The molecule has 2 aromatic rings. The average Bonchev–Trinajstić information content (AvgIpc) is 2.76. The van der Waals surface area contributed by atoms with E-state index in [0.717, 1.165) is 23.3 Å². The molecule has 1 atom stereocenters. The van der Waals surface area contributed by atoms with Crippen LogP contribution in [0.15, 0.2) is 48.9 Å². The van der Waals surface area contributed by atoms with Crippen LogP contribution in [-0.2, 0) is 0 Å². The minimum atomic E-state index is -0.149. The van der Waals surface area contributed by atoms with E-state index in [9.17, 15) is 0 Å². The average molecular weight is 275 g/mol. The van der Waals surface area contributed by atoms with Crippen LogP contribution >= 0.6 is 0 Å². The van der Waals surface area contributed by atoms with E-state index in [4.69, 9.17) is 0 Å². The molecule has 3 nitrogen and oxygen atoms in total. The normalized spacial score (nSPS) is 22.2. The number of nitrogens with zero attached hydrogens (tertiary/aromatic N) is 3. The van der Waals surface area contributed by atoms with Gasteiger partial charge >= 0.3 is 0 Å². The summed E-state index contributed by atoms with van der Waals surface area (Å²) in [4.78, 5) is 11.5. The summed E-state index contributed by atoms with van der Waals surface area (Å²) < 4.78 is 0. The van der Waals surface area contributed by atoms with Gasteiger partial charge in [-0.2, -0.15) is 0 Å². The number of aromatic nitrogens is 2. The highest BCUT2D eigenvalue weighted by molar-refractivity contribution is 5.91. The second-order valence-corrected chi connectivity index (χ2v) is 5.94. The summed E-state index contributed by atoms with van der Waals surface area (Å²) in [6, 6.07) is 8.26. The van der Waals surface area contributed by atoms with Gasteiger partial charge in [-0.15, -0.1) is 0 Å².